The van der Waals surface area contributed by atoms with Crippen LogP contribution in [0.4, 0.5) is 16.2 Å². The largest absolute Gasteiger partial charge is 0.368 e. The Hall–Kier alpha value is -3.26. The summed E-state index contributed by atoms with van der Waals surface area (Å²) in [5, 5.41) is 6.66. The van der Waals surface area contributed by atoms with Crippen molar-refractivity contribution in [1.82, 2.24) is 15.1 Å². The molecule has 4 rings (SSSR count). The summed E-state index contributed by atoms with van der Waals surface area (Å²) in [6.45, 7) is 6.61. The van der Waals surface area contributed by atoms with E-state index in [4.69, 9.17) is 11.6 Å². The van der Waals surface area contributed by atoms with Crippen molar-refractivity contribution in [2.45, 2.75) is 58.0 Å². The molecule has 2 aliphatic rings. The highest BCUT2D eigenvalue weighted by Gasteiger charge is 2.25. The van der Waals surface area contributed by atoms with Crippen LogP contribution < -0.4 is 15.5 Å². The van der Waals surface area contributed by atoms with Gasteiger partial charge in [0.15, 0.2) is 0 Å². The van der Waals surface area contributed by atoms with Crippen LogP contribution in [-0.2, 0) is 4.79 Å². The molecule has 1 aliphatic heterocycles. The average molecular weight is 540 g/mol. The Morgan fingerprint density at radius 3 is 2.16 bits per heavy atom. The lowest BCUT2D eigenvalue weighted by molar-refractivity contribution is -0.117. The molecule has 1 aliphatic carbocycles. The molecular formula is C29H38ClN5O3. The van der Waals surface area contributed by atoms with Gasteiger partial charge in [0, 0.05) is 60.2 Å². The van der Waals surface area contributed by atoms with Gasteiger partial charge in [0.05, 0.1) is 0 Å². The first-order valence-corrected chi connectivity index (χ1v) is 13.9. The molecule has 0 atom stereocenters. The van der Waals surface area contributed by atoms with Crippen molar-refractivity contribution in [1.29, 1.82) is 0 Å². The van der Waals surface area contributed by atoms with Crippen molar-refractivity contribution < 1.29 is 14.4 Å². The third-order valence-corrected chi connectivity index (χ3v) is 7.56. The third-order valence-electron chi connectivity index (χ3n) is 7.31. The van der Waals surface area contributed by atoms with Crippen molar-refractivity contribution in [2.75, 3.05) is 42.9 Å². The maximum atomic E-state index is 12.9. The lowest BCUT2D eigenvalue weighted by Gasteiger charge is -2.37. The molecule has 0 radical (unpaired) electrons. The van der Waals surface area contributed by atoms with Crippen LogP contribution in [-0.4, -0.2) is 72.5 Å². The first kappa shape index (κ1) is 27.8. The van der Waals surface area contributed by atoms with Crippen molar-refractivity contribution >= 4 is 40.8 Å². The number of carbonyl (C=O) groups excluding carboxylic acids is 3. The van der Waals surface area contributed by atoms with Gasteiger partial charge in [-0.05, 0) is 75.2 Å². The number of halogens is 1. The van der Waals surface area contributed by atoms with Crippen LogP contribution in [0.15, 0.2) is 48.5 Å². The first-order chi connectivity index (χ1) is 18.3. The van der Waals surface area contributed by atoms with E-state index in [-0.39, 0.29) is 30.4 Å². The van der Waals surface area contributed by atoms with Crippen LogP contribution in [0.25, 0.3) is 0 Å². The SMILES string of the molecule is CC(C)N(CC(=O)Nc1ccc(N2CCN(C(=O)NC3CCCCC3)CC2)cc1)C(=O)c1ccc(Cl)cc1. The molecule has 2 fully saturated rings. The zero-order chi connectivity index (χ0) is 27.1. The Bertz CT molecular complexity index is 1090. The molecule has 0 unspecified atom stereocenters. The number of hydrogen-bond acceptors (Lipinski definition) is 4. The van der Waals surface area contributed by atoms with E-state index in [0.717, 1.165) is 31.6 Å². The van der Waals surface area contributed by atoms with E-state index in [9.17, 15) is 14.4 Å². The predicted octanol–water partition coefficient (Wildman–Crippen LogP) is 4.99. The van der Waals surface area contributed by atoms with E-state index in [1.807, 2.05) is 43.0 Å². The van der Waals surface area contributed by atoms with Gasteiger partial charge in [-0.25, -0.2) is 4.79 Å². The lowest BCUT2D eigenvalue weighted by atomic mass is 9.96. The summed E-state index contributed by atoms with van der Waals surface area (Å²) in [7, 11) is 0. The number of carbonyl (C=O) groups is 3. The first-order valence-electron chi connectivity index (χ1n) is 13.6. The summed E-state index contributed by atoms with van der Waals surface area (Å²) in [6.07, 6.45) is 5.85. The Labute approximate surface area is 230 Å². The van der Waals surface area contributed by atoms with Gasteiger partial charge in [0.2, 0.25) is 5.91 Å². The summed E-state index contributed by atoms with van der Waals surface area (Å²) in [4.78, 5) is 44.0. The zero-order valence-corrected chi connectivity index (χ0v) is 23.0. The number of nitrogens with zero attached hydrogens (tertiary/aromatic N) is 3. The number of piperazine rings is 1. The molecule has 1 heterocycles. The zero-order valence-electron chi connectivity index (χ0n) is 22.3. The average Bonchev–Trinajstić information content (AvgIpc) is 2.93. The number of rotatable bonds is 7. The maximum absolute atomic E-state index is 12.9. The predicted molar refractivity (Wildman–Crippen MR) is 152 cm³/mol. The Kier molecular flexibility index (Phi) is 9.50. The minimum absolute atomic E-state index is 0.0498. The van der Waals surface area contributed by atoms with E-state index >= 15 is 0 Å². The summed E-state index contributed by atoms with van der Waals surface area (Å²) >= 11 is 5.94. The summed E-state index contributed by atoms with van der Waals surface area (Å²) in [5.41, 5.74) is 2.22. The van der Waals surface area contributed by atoms with Gasteiger partial charge in [0.1, 0.15) is 6.54 Å². The second-order valence-corrected chi connectivity index (χ2v) is 10.8. The summed E-state index contributed by atoms with van der Waals surface area (Å²) in [5.74, 6) is -0.472. The van der Waals surface area contributed by atoms with E-state index in [1.165, 1.54) is 24.2 Å². The molecule has 204 valence electrons. The second-order valence-electron chi connectivity index (χ2n) is 10.4. The van der Waals surface area contributed by atoms with E-state index in [0.29, 0.717) is 35.4 Å². The van der Waals surface area contributed by atoms with Crippen LogP contribution in [0.2, 0.25) is 5.02 Å². The Morgan fingerprint density at radius 2 is 1.55 bits per heavy atom. The molecule has 0 bridgehead atoms. The molecule has 2 aromatic carbocycles. The topological polar surface area (TPSA) is 85.0 Å². The fourth-order valence-electron chi connectivity index (χ4n) is 5.04. The summed E-state index contributed by atoms with van der Waals surface area (Å²) in [6, 6.07) is 14.6. The fraction of sp³-hybridized carbons (Fsp3) is 0.483. The van der Waals surface area contributed by atoms with Gasteiger partial charge in [0.25, 0.3) is 5.91 Å². The Balaban J connectivity index is 1.26. The normalized spacial score (nSPS) is 16.3. The van der Waals surface area contributed by atoms with Crippen molar-refractivity contribution in [3.63, 3.8) is 0 Å². The molecule has 2 N–H and O–H groups in total. The van der Waals surface area contributed by atoms with Crippen LogP contribution in [0.3, 0.4) is 0 Å². The highest BCUT2D eigenvalue weighted by atomic mass is 35.5. The van der Waals surface area contributed by atoms with Gasteiger partial charge in [-0.3, -0.25) is 9.59 Å². The smallest absolute Gasteiger partial charge is 0.317 e. The molecule has 1 saturated carbocycles. The molecule has 2 aromatic rings. The molecule has 1 saturated heterocycles. The van der Waals surface area contributed by atoms with Crippen molar-refractivity contribution in [3.05, 3.63) is 59.1 Å². The van der Waals surface area contributed by atoms with E-state index < -0.39 is 0 Å². The standard InChI is InChI=1S/C29H38ClN5O3/c1-21(2)35(28(37)22-8-10-23(30)11-9-22)20-27(36)31-25-12-14-26(15-13-25)33-16-18-34(19-17-33)29(38)32-24-6-4-3-5-7-24/h8-15,21,24H,3-7,16-20H2,1-2H3,(H,31,36)(H,32,38). The second kappa shape index (κ2) is 13.0. The molecular weight excluding hydrogens is 502 g/mol. The van der Waals surface area contributed by atoms with Crippen molar-refractivity contribution in [2.24, 2.45) is 0 Å². The molecule has 38 heavy (non-hydrogen) atoms. The van der Waals surface area contributed by atoms with Gasteiger partial charge in [-0.2, -0.15) is 0 Å². The van der Waals surface area contributed by atoms with Gasteiger partial charge in [-0.15, -0.1) is 0 Å². The lowest BCUT2D eigenvalue weighted by Crippen LogP contribution is -2.53. The molecule has 8 nitrogen and oxygen atoms in total. The minimum Gasteiger partial charge on any atom is -0.368 e. The van der Waals surface area contributed by atoms with Gasteiger partial charge >= 0.3 is 6.03 Å². The minimum atomic E-state index is -0.258. The number of nitrogens with one attached hydrogen (secondary N) is 2. The molecule has 0 spiro atoms. The van der Waals surface area contributed by atoms with Crippen LogP contribution in [0.5, 0.6) is 0 Å². The Morgan fingerprint density at radius 1 is 0.921 bits per heavy atom. The number of hydrogen-bond donors (Lipinski definition) is 2. The van der Waals surface area contributed by atoms with Crippen molar-refractivity contribution in [3.8, 4) is 0 Å². The highest BCUT2D eigenvalue weighted by molar-refractivity contribution is 6.30. The monoisotopic (exact) mass is 539 g/mol. The number of urea groups is 1. The van der Waals surface area contributed by atoms with E-state index in [2.05, 4.69) is 15.5 Å². The third kappa shape index (κ3) is 7.40. The number of amides is 4. The molecule has 0 aromatic heterocycles. The highest BCUT2D eigenvalue weighted by Crippen LogP contribution is 2.21. The van der Waals surface area contributed by atoms with E-state index in [1.54, 1.807) is 24.3 Å². The van der Waals surface area contributed by atoms with Gasteiger partial charge < -0.3 is 25.3 Å². The quantitative estimate of drug-likeness (QED) is 0.519. The van der Waals surface area contributed by atoms with Crippen LogP contribution >= 0.6 is 11.6 Å². The maximum Gasteiger partial charge on any atom is 0.317 e. The van der Waals surface area contributed by atoms with Crippen LogP contribution in [0.1, 0.15) is 56.3 Å². The molecule has 4 amide bonds. The van der Waals surface area contributed by atoms with Gasteiger partial charge in [-0.1, -0.05) is 30.9 Å². The summed E-state index contributed by atoms with van der Waals surface area (Å²) < 4.78 is 0. The molecule has 9 heteroatoms. The number of anilines is 2. The number of benzene rings is 2. The fourth-order valence-corrected chi connectivity index (χ4v) is 5.16. The van der Waals surface area contributed by atoms with Crippen LogP contribution in [0, 0.1) is 0 Å².